The van der Waals surface area contributed by atoms with Crippen LogP contribution in [0.15, 0.2) is 22.8 Å². The molecule has 1 fully saturated rings. The first-order valence-electron chi connectivity index (χ1n) is 4.06. The highest BCUT2D eigenvalue weighted by atomic mass is 16.3. The van der Waals surface area contributed by atoms with E-state index in [0.29, 0.717) is 0 Å². The third kappa shape index (κ3) is 1.07. The second-order valence-electron chi connectivity index (χ2n) is 3.46. The van der Waals surface area contributed by atoms with E-state index in [2.05, 4.69) is 18.3 Å². The smallest absolute Gasteiger partial charge is 0.110 e. The molecule has 1 aromatic rings. The number of rotatable bonds is 1. The van der Waals surface area contributed by atoms with Crippen molar-refractivity contribution in [2.45, 2.75) is 18.8 Å². The van der Waals surface area contributed by atoms with Gasteiger partial charge < -0.3 is 9.73 Å². The zero-order valence-corrected chi connectivity index (χ0v) is 6.76. The molecule has 1 atom stereocenters. The molecule has 2 rings (SSSR count). The van der Waals surface area contributed by atoms with E-state index in [1.165, 1.54) is 6.42 Å². The molecule has 1 unspecified atom stereocenters. The van der Waals surface area contributed by atoms with Gasteiger partial charge in [0, 0.05) is 12.0 Å². The molecular weight excluding hydrogens is 138 g/mol. The highest BCUT2D eigenvalue weighted by Gasteiger charge is 2.32. The zero-order valence-electron chi connectivity index (χ0n) is 6.76. The Balaban J connectivity index is 2.27. The Kier molecular flexibility index (Phi) is 1.50. The quantitative estimate of drug-likeness (QED) is 0.658. The van der Waals surface area contributed by atoms with Crippen LogP contribution in [0.5, 0.6) is 0 Å². The molecule has 2 heterocycles. The van der Waals surface area contributed by atoms with Gasteiger partial charge in [0.15, 0.2) is 0 Å². The van der Waals surface area contributed by atoms with Crippen LogP contribution in [0.3, 0.4) is 0 Å². The third-order valence-corrected chi connectivity index (χ3v) is 2.48. The highest BCUT2D eigenvalue weighted by molar-refractivity contribution is 5.15. The number of furan rings is 1. The van der Waals surface area contributed by atoms with Crippen LogP contribution in [-0.4, -0.2) is 13.1 Å². The number of hydrogen-bond donors (Lipinski definition) is 1. The molecule has 1 aliphatic heterocycles. The van der Waals surface area contributed by atoms with Crippen molar-refractivity contribution in [3.63, 3.8) is 0 Å². The Labute approximate surface area is 66.6 Å². The normalized spacial score (nSPS) is 31.0. The maximum Gasteiger partial charge on any atom is 0.110 e. The topological polar surface area (TPSA) is 25.2 Å². The van der Waals surface area contributed by atoms with Gasteiger partial charge in [0.1, 0.15) is 5.76 Å². The Bertz CT molecular complexity index is 222. The minimum atomic E-state index is 0.240. The van der Waals surface area contributed by atoms with Crippen LogP contribution in [0.1, 0.15) is 19.1 Å². The molecule has 0 saturated carbocycles. The summed E-state index contributed by atoms with van der Waals surface area (Å²) in [6, 6.07) is 4.02. The van der Waals surface area contributed by atoms with Crippen LogP contribution < -0.4 is 5.32 Å². The van der Waals surface area contributed by atoms with Gasteiger partial charge in [-0.05, 0) is 25.1 Å². The summed E-state index contributed by atoms with van der Waals surface area (Å²) in [4.78, 5) is 0. The monoisotopic (exact) mass is 151 g/mol. The van der Waals surface area contributed by atoms with E-state index >= 15 is 0 Å². The summed E-state index contributed by atoms with van der Waals surface area (Å²) in [5.41, 5.74) is 0.240. The third-order valence-electron chi connectivity index (χ3n) is 2.48. The molecule has 60 valence electrons. The van der Waals surface area contributed by atoms with Gasteiger partial charge in [0.25, 0.3) is 0 Å². The summed E-state index contributed by atoms with van der Waals surface area (Å²) in [7, 11) is 0. The predicted octanol–water partition coefficient (Wildman–Crippen LogP) is 1.53. The molecule has 1 N–H and O–H groups in total. The van der Waals surface area contributed by atoms with E-state index < -0.39 is 0 Å². The minimum Gasteiger partial charge on any atom is -0.469 e. The van der Waals surface area contributed by atoms with Crippen molar-refractivity contribution in [3.05, 3.63) is 24.2 Å². The average molecular weight is 151 g/mol. The lowest BCUT2D eigenvalue weighted by Gasteiger charge is -2.18. The van der Waals surface area contributed by atoms with Gasteiger partial charge in [-0.2, -0.15) is 0 Å². The molecule has 0 spiro atoms. The van der Waals surface area contributed by atoms with Crippen molar-refractivity contribution >= 4 is 0 Å². The second-order valence-corrected chi connectivity index (χ2v) is 3.46. The van der Waals surface area contributed by atoms with E-state index in [1.54, 1.807) is 6.26 Å². The summed E-state index contributed by atoms with van der Waals surface area (Å²) in [6.07, 6.45) is 2.93. The molecule has 0 aromatic carbocycles. The Morgan fingerprint density at radius 3 is 3.09 bits per heavy atom. The van der Waals surface area contributed by atoms with Crippen molar-refractivity contribution in [1.29, 1.82) is 0 Å². The molecule has 11 heavy (non-hydrogen) atoms. The lowest BCUT2D eigenvalue weighted by atomic mass is 9.87. The largest absolute Gasteiger partial charge is 0.469 e. The zero-order chi connectivity index (χ0) is 7.73. The summed E-state index contributed by atoms with van der Waals surface area (Å²) in [5, 5.41) is 3.34. The lowest BCUT2D eigenvalue weighted by Crippen LogP contribution is -2.23. The molecular formula is C9H13NO. The number of hydrogen-bond acceptors (Lipinski definition) is 2. The fourth-order valence-electron chi connectivity index (χ4n) is 1.65. The predicted molar refractivity (Wildman–Crippen MR) is 43.5 cm³/mol. The SMILES string of the molecule is CC1(c2ccco2)CCNC1. The van der Waals surface area contributed by atoms with Gasteiger partial charge in [-0.25, -0.2) is 0 Å². The Morgan fingerprint density at radius 2 is 2.55 bits per heavy atom. The van der Waals surface area contributed by atoms with Crippen LogP contribution >= 0.6 is 0 Å². The molecule has 1 aromatic heterocycles. The molecule has 1 saturated heterocycles. The molecule has 1 aliphatic rings. The van der Waals surface area contributed by atoms with E-state index in [9.17, 15) is 0 Å². The first-order chi connectivity index (χ1) is 5.31. The van der Waals surface area contributed by atoms with Gasteiger partial charge in [-0.15, -0.1) is 0 Å². The molecule has 0 bridgehead atoms. The molecule has 0 aliphatic carbocycles. The van der Waals surface area contributed by atoms with Crippen molar-refractivity contribution in [2.75, 3.05) is 13.1 Å². The highest BCUT2D eigenvalue weighted by Crippen LogP contribution is 2.29. The Morgan fingerprint density at radius 1 is 1.64 bits per heavy atom. The van der Waals surface area contributed by atoms with E-state index in [4.69, 9.17) is 4.42 Å². The summed E-state index contributed by atoms with van der Waals surface area (Å²) in [6.45, 7) is 4.39. The van der Waals surface area contributed by atoms with E-state index in [-0.39, 0.29) is 5.41 Å². The van der Waals surface area contributed by atoms with Gasteiger partial charge in [-0.1, -0.05) is 6.92 Å². The second kappa shape index (κ2) is 2.38. The number of nitrogens with one attached hydrogen (secondary N) is 1. The Hall–Kier alpha value is -0.760. The summed E-state index contributed by atoms with van der Waals surface area (Å²) < 4.78 is 5.38. The fraction of sp³-hybridized carbons (Fsp3) is 0.556. The van der Waals surface area contributed by atoms with Crippen molar-refractivity contribution < 1.29 is 4.42 Å². The van der Waals surface area contributed by atoms with Crippen LogP contribution in [0.4, 0.5) is 0 Å². The first kappa shape index (κ1) is 6.92. The van der Waals surface area contributed by atoms with Crippen LogP contribution in [0.2, 0.25) is 0 Å². The van der Waals surface area contributed by atoms with Gasteiger partial charge in [-0.3, -0.25) is 0 Å². The van der Waals surface area contributed by atoms with Crippen molar-refractivity contribution in [1.82, 2.24) is 5.32 Å². The van der Waals surface area contributed by atoms with E-state index in [1.807, 2.05) is 6.07 Å². The van der Waals surface area contributed by atoms with Gasteiger partial charge in [0.05, 0.1) is 6.26 Å². The fourth-order valence-corrected chi connectivity index (χ4v) is 1.65. The molecule has 0 amide bonds. The van der Waals surface area contributed by atoms with Crippen LogP contribution in [0.25, 0.3) is 0 Å². The summed E-state index contributed by atoms with van der Waals surface area (Å²) >= 11 is 0. The lowest BCUT2D eigenvalue weighted by molar-refractivity contribution is 0.384. The maximum atomic E-state index is 5.38. The molecule has 2 nitrogen and oxygen atoms in total. The minimum absolute atomic E-state index is 0.240. The summed E-state index contributed by atoms with van der Waals surface area (Å²) in [5.74, 6) is 1.11. The standard InChI is InChI=1S/C9H13NO/c1-9(4-5-10-7-9)8-3-2-6-11-8/h2-3,6,10H,4-5,7H2,1H3. The van der Waals surface area contributed by atoms with Crippen LogP contribution in [0, 0.1) is 0 Å². The van der Waals surface area contributed by atoms with E-state index in [0.717, 1.165) is 18.8 Å². The van der Waals surface area contributed by atoms with Gasteiger partial charge >= 0.3 is 0 Å². The van der Waals surface area contributed by atoms with Crippen LogP contribution in [-0.2, 0) is 5.41 Å². The average Bonchev–Trinajstić information content (AvgIpc) is 2.55. The van der Waals surface area contributed by atoms with Crippen molar-refractivity contribution in [2.24, 2.45) is 0 Å². The molecule has 0 radical (unpaired) electrons. The first-order valence-corrected chi connectivity index (χ1v) is 4.06. The maximum absolute atomic E-state index is 5.38. The van der Waals surface area contributed by atoms with Crippen molar-refractivity contribution in [3.8, 4) is 0 Å². The van der Waals surface area contributed by atoms with Gasteiger partial charge in [0.2, 0.25) is 0 Å². The molecule has 2 heteroatoms.